The number of hydrogen-bond donors (Lipinski definition) is 1. The minimum absolute atomic E-state index is 0. The van der Waals surface area contributed by atoms with Gasteiger partial charge in [-0.1, -0.05) is 0 Å². The SMILES string of the molecule is CC1(C)CCCC(C)(C)N1.Cl.Cl.[H-].[H-].[H-].[Li+].[Mg+2].[Zn]. The monoisotopic (exact) mass is 311 g/mol. The van der Waals surface area contributed by atoms with Crippen LogP contribution in [0.2, 0.25) is 0 Å². The summed E-state index contributed by atoms with van der Waals surface area (Å²) in [5.74, 6) is 0. The van der Waals surface area contributed by atoms with E-state index < -0.39 is 0 Å². The molecule has 1 saturated heterocycles. The van der Waals surface area contributed by atoms with E-state index in [1.54, 1.807) is 0 Å². The van der Waals surface area contributed by atoms with Gasteiger partial charge in [-0.05, 0) is 47.0 Å². The van der Waals surface area contributed by atoms with Crippen molar-refractivity contribution in [2.24, 2.45) is 0 Å². The Balaban J connectivity index is -0.0000000208. The smallest absolute Gasteiger partial charge is 1.00 e. The predicted molar refractivity (Wildman–Crippen MR) is 68.7 cm³/mol. The zero-order chi connectivity index (χ0) is 7.83. The van der Waals surface area contributed by atoms with E-state index in [-0.39, 0.29) is 90.5 Å². The first-order valence-electron chi connectivity index (χ1n) is 4.21. The van der Waals surface area contributed by atoms with Crippen molar-refractivity contribution in [3.8, 4) is 0 Å². The van der Waals surface area contributed by atoms with E-state index in [9.17, 15) is 0 Å². The zero-order valence-corrected chi connectivity index (χ0v) is 16.9. The maximum atomic E-state index is 3.63. The van der Waals surface area contributed by atoms with Gasteiger partial charge in [-0.3, -0.25) is 0 Å². The molecule has 0 aromatic rings. The van der Waals surface area contributed by atoms with E-state index in [1.165, 1.54) is 19.3 Å². The third-order valence-corrected chi connectivity index (χ3v) is 2.28. The topological polar surface area (TPSA) is 12.0 Å². The molecule has 0 bridgehead atoms. The van der Waals surface area contributed by atoms with Crippen LogP contribution in [0, 0.1) is 0 Å². The predicted octanol–water partition coefficient (Wildman–Crippen LogP) is 0.119. The van der Waals surface area contributed by atoms with Crippen molar-refractivity contribution in [2.75, 3.05) is 0 Å². The van der Waals surface area contributed by atoms with Gasteiger partial charge in [0.15, 0.2) is 0 Å². The van der Waals surface area contributed by atoms with Gasteiger partial charge in [-0.15, -0.1) is 24.8 Å². The van der Waals surface area contributed by atoms with Crippen molar-refractivity contribution in [1.82, 2.24) is 5.32 Å². The molecule has 1 aliphatic rings. The van der Waals surface area contributed by atoms with E-state index in [4.69, 9.17) is 0 Å². The number of hydrogen-bond acceptors (Lipinski definition) is 1. The van der Waals surface area contributed by atoms with Crippen molar-refractivity contribution >= 4 is 47.9 Å². The molecule has 15 heavy (non-hydrogen) atoms. The average molecular weight is 314 g/mol. The molecule has 84 valence electrons. The maximum Gasteiger partial charge on any atom is 2.00 e. The fraction of sp³-hybridized carbons (Fsp3) is 1.00. The zero-order valence-electron chi connectivity index (χ0n) is 13.9. The molecular formula is C9H24Cl2LiMgNZn. The Hall–Kier alpha value is 2.53. The molecule has 1 aliphatic heterocycles. The Labute approximate surface area is 152 Å². The molecule has 1 N–H and O–H groups in total. The van der Waals surface area contributed by atoms with Gasteiger partial charge in [0.1, 0.15) is 0 Å². The molecule has 1 nitrogen and oxygen atoms in total. The minimum Gasteiger partial charge on any atom is -1.00 e. The van der Waals surface area contributed by atoms with Gasteiger partial charge >= 0.3 is 41.9 Å². The third-order valence-electron chi connectivity index (χ3n) is 2.28. The van der Waals surface area contributed by atoms with Gasteiger partial charge in [0.2, 0.25) is 0 Å². The summed E-state index contributed by atoms with van der Waals surface area (Å²) in [6.07, 6.45) is 4.00. The molecule has 0 radical (unpaired) electrons. The molecule has 0 aromatic heterocycles. The summed E-state index contributed by atoms with van der Waals surface area (Å²) in [5, 5.41) is 3.63. The summed E-state index contributed by atoms with van der Waals surface area (Å²) in [7, 11) is 0. The standard InChI is InChI=1S/C9H19N.2ClH.Li.Mg.Zn.3H/c1-8(2)6-5-7-9(3,4)10-8;;;;;;;;/h10H,5-7H2,1-4H3;2*1H;;;;;;/q;;;+1;+2;;3*-1. The van der Waals surface area contributed by atoms with Crippen LogP contribution in [0.5, 0.6) is 0 Å². The summed E-state index contributed by atoms with van der Waals surface area (Å²) in [6.45, 7) is 9.14. The molecule has 6 heteroatoms. The summed E-state index contributed by atoms with van der Waals surface area (Å²) >= 11 is 0. The van der Waals surface area contributed by atoms with E-state index in [0.717, 1.165) is 0 Å². The van der Waals surface area contributed by atoms with Crippen LogP contribution in [0.3, 0.4) is 0 Å². The van der Waals surface area contributed by atoms with Crippen molar-refractivity contribution < 1.29 is 42.6 Å². The third kappa shape index (κ3) is 12.8. The van der Waals surface area contributed by atoms with Crippen LogP contribution >= 0.6 is 24.8 Å². The van der Waals surface area contributed by atoms with Crippen molar-refractivity contribution in [2.45, 2.75) is 58.0 Å². The van der Waals surface area contributed by atoms with Crippen LogP contribution in [0.1, 0.15) is 51.2 Å². The molecule has 1 heterocycles. The van der Waals surface area contributed by atoms with Gasteiger partial charge in [-0.2, -0.15) is 0 Å². The summed E-state index contributed by atoms with van der Waals surface area (Å²) < 4.78 is 0. The molecule has 0 spiro atoms. The normalized spacial score (nSPS) is 20.0. The van der Waals surface area contributed by atoms with Gasteiger partial charge in [0, 0.05) is 30.6 Å². The van der Waals surface area contributed by atoms with E-state index in [1.807, 2.05) is 0 Å². The van der Waals surface area contributed by atoms with Crippen molar-refractivity contribution in [1.29, 1.82) is 0 Å². The number of piperidine rings is 1. The number of rotatable bonds is 0. The van der Waals surface area contributed by atoms with Crippen LogP contribution in [0.15, 0.2) is 0 Å². The minimum atomic E-state index is 0. The largest absolute Gasteiger partial charge is 2.00 e. The second kappa shape index (κ2) is 11.6. The first kappa shape index (κ1) is 30.5. The van der Waals surface area contributed by atoms with Gasteiger partial charge < -0.3 is 9.60 Å². The average Bonchev–Trinajstić information content (AvgIpc) is 1.56. The fourth-order valence-electron chi connectivity index (χ4n) is 2.01. The van der Waals surface area contributed by atoms with Crippen LogP contribution in [-0.4, -0.2) is 34.1 Å². The maximum absolute atomic E-state index is 3.63. The Kier molecular flexibility index (Phi) is 23.6. The molecule has 0 unspecified atom stereocenters. The van der Waals surface area contributed by atoms with Crippen LogP contribution in [0.25, 0.3) is 0 Å². The Morgan fingerprint density at radius 2 is 1.20 bits per heavy atom. The molecule has 0 aliphatic carbocycles. The van der Waals surface area contributed by atoms with Crippen LogP contribution in [0.4, 0.5) is 0 Å². The van der Waals surface area contributed by atoms with Gasteiger partial charge in [-0.25, -0.2) is 0 Å². The number of halogens is 2. The molecular weight excluding hydrogens is 290 g/mol. The summed E-state index contributed by atoms with van der Waals surface area (Å²) in [6, 6.07) is 0. The van der Waals surface area contributed by atoms with E-state index in [2.05, 4.69) is 33.0 Å². The van der Waals surface area contributed by atoms with Crippen molar-refractivity contribution in [3.05, 3.63) is 0 Å². The van der Waals surface area contributed by atoms with Gasteiger partial charge in [0.05, 0.1) is 0 Å². The fourth-order valence-corrected chi connectivity index (χ4v) is 2.01. The molecule has 1 rings (SSSR count). The molecule has 1 fully saturated rings. The van der Waals surface area contributed by atoms with Crippen molar-refractivity contribution in [3.63, 3.8) is 0 Å². The van der Waals surface area contributed by atoms with Crippen LogP contribution < -0.4 is 24.2 Å². The summed E-state index contributed by atoms with van der Waals surface area (Å²) in [4.78, 5) is 0. The molecule has 0 amide bonds. The molecule has 0 saturated carbocycles. The first-order valence-corrected chi connectivity index (χ1v) is 4.21. The first-order chi connectivity index (χ1) is 4.41. The summed E-state index contributed by atoms with van der Waals surface area (Å²) in [5.41, 5.74) is 0.726. The second-order valence-corrected chi connectivity index (χ2v) is 4.75. The van der Waals surface area contributed by atoms with E-state index in [0.29, 0.717) is 11.1 Å². The molecule has 0 aromatic carbocycles. The Morgan fingerprint density at radius 3 is 1.33 bits per heavy atom. The second-order valence-electron chi connectivity index (χ2n) is 4.75. The van der Waals surface area contributed by atoms with Crippen LogP contribution in [-0.2, 0) is 19.5 Å². The Morgan fingerprint density at radius 1 is 0.933 bits per heavy atom. The van der Waals surface area contributed by atoms with E-state index >= 15 is 0 Å². The van der Waals surface area contributed by atoms with Gasteiger partial charge in [0.25, 0.3) is 0 Å². The number of nitrogens with one attached hydrogen (secondary N) is 1. The molecule has 0 atom stereocenters. The quantitative estimate of drug-likeness (QED) is 0.627. The Bertz CT molecular complexity index is 146.